The molecule has 41 heavy (non-hydrogen) atoms. The molecule has 3 aromatic carbocycles. The molecular weight excluding hydrogens is 580 g/mol. The SMILES string of the molecule is O=C1NC(=O)N(c2ccc(C34CC5CC(CC(C5)C3)C4)cc2)C(=O)C1=Cc1ccc(OCc2ccc(Br)cc2)cc1. The number of urea groups is 1. The molecule has 0 atom stereocenters. The van der Waals surface area contributed by atoms with Crippen LogP contribution in [0.1, 0.15) is 55.2 Å². The number of halogens is 1. The monoisotopic (exact) mass is 610 g/mol. The summed E-state index contributed by atoms with van der Waals surface area (Å²) in [5.41, 5.74) is 3.63. The van der Waals surface area contributed by atoms with E-state index in [9.17, 15) is 14.4 Å². The molecule has 0 unspecified atom stereocenters. The minimum absolute atomic E-state index is 0.0849. The molecule has 0 aromatic heterocycles. The van der Waals surface area contributed by atoms with Gasteiger partial charge in [0.25, 0.3) is 11.8 Å². The largest absolute Gasteiger partial charge is 0.489 e. The number of hydrogen-bond acceptors (Lipinski definition) is 4. The molecule has 3 aromatic rings. The van der Waals surface area contributed by atoms with Crippen molar-refractivity contribution >= 4 is 45.5 Å². The molecule has 4 amide bonds. The summed E-state index contributed by atoms with van der Waals surface area (Å²) < 4.78 is 6.87. The molecule has 4 saturated carbocycles. The minimum atomic E-state index is -0.726. The number of rotatable bonds is 6. The first kappa shape index (κ1) is 26.2. The number of nitrogens with one attached hydrogen (secondary N) is 1. The van der Waals surface area contributed by atoms with Crippen LogP contribution in [0.5, 0.6) is 5.75 Å². The van der Waals surface area contributed by atoms with Crippen LogP contribution >= 0.6 is 15.9 Å². The highest BCUT2D eigenvalue weighted by molar-refractivity contribution is 9.10. The van der Waals surface area contributed by atoms with Crippen molar-refractivity contribution < 1.29 is 19.1 Å². The quantitative estimate of drug-likeness (QED) is 0.237. The Labute approximate surface area is 247 Å². The lowest BCUT2D eigenvalue weighted by Crippen LogP contribution is -2.54. The van der Waals surface area contributed by atoms with Gasteiger partial charge in [0.05, 0.1) is 5.69 Å². The van der Waals surface area contributed by atoms with E-state index in [1.165, 1.54) is 50.2 Å². The first-order chi connectivity index (χ1) is 19.8. The summed E-state index contributed by atoms with van der Waals surface area (Å²) in [4.78, 5) is 40.0. The first-order valence-corrected chi connectivity index (χ1v) is 15.1. The summed E-state index contributed by atoms with van der Waals surface area (Å²) >= 11 is 3.43. The molecule has 1 N–H and O–H groups in total. The first-order valence-electron chi connectivity index (χ1n) is 14.3. The number of nitrogens with zero attached hydrogens (tertiary/aromatic N) is 1. The second-order valence-electron chi connectivity index (χ2n) is 12.2. The normalized spacial score (nSPS) is 27.8. The van der Waals surface area contributed by atoms with Gasteiger partial charge in [-0.2, -0.15) is 0 Å². The van der Waals surface area contributed by atoms with Crippen molar-refractivity contribution in [2.45, 2.75) is 50.5 Å². The van der Waals surface area contributed by atoms with Crippen molar-refractivity contribution in [1.29, 1.82) is 0 Å². The Morgan fingerprint density at radius 1 is 0.829 bits per heavy atom. The topological polar surface area (TPSA) is 75.7 Å². The third-order valence-corrected chi connectivity index (χ3v) is 9.92. The predicted octanol–water partition coefficient (Wildman–Crippen LogP) is 7.16. The Morgan fingerprint density at radius 3 is 2.05 bits per heavy atom. The number of ether oxygens (including phenoxy) is 1. The summed E-state index contributed by atoms with van der Waals surface area (Å²) in [6.45, 7) is 0.424. The van der Waals surface area contributed by atoms with Crippen LogP contribution in [0.15, 0.2) is 82.8 Å². The molecule has 0 spiro atoms. The molecule has 6 nitrogen and oxygen atoms in total. The second-order valence-corrected chi connectivity index (χ2v) is 13.1. The van der Waals surface area contributed by atoms with Gasteiger partial charge in [-0.1, -0.05) is 52.3 Å². The van der Waals surface area contributed by atoms with Gasteiger partial charge in [0, 0.05) is 4.47 Å². The number of carbonyl (C=O) groups excluding carboxylic acids is 3. The van der Waals surface area contributed by atoms with Crippen LogP contribution in [0.4, 0.5) is 10.5 Å². The van der Waals surface area contributed by atoms with Gasteiger partial charge >= 0.3 is 6.03 Å². The smallest absolute Gasteiger partial charge is 0.335 e. The van der Waals surface area contributed by atoms with Crippen LogP contribution < -0.4 is 15.0 Å². The van der Waals surface area contributed by atoms with Crippen LogP contribution in [0.2, 0.25) is 0 Å². The molecule has 1 heterocycles. The summed E-state index contributed by atoms with van der Waals surface area (Å²) in [7, 11) is 0. The van der Waals surface area contributed by atoms with Crippen molar-refractivity contribution in [3.05, 3.63) is 99.5 Å². The number of amides is 4. The molecule has 5 aliphatic rings. The van der Waals surface area contributed by atoms with E-state index in [2.05, 4.69) is 33.4 Å². The zero-order valence-corrected chi connectivity index (χ0v) is 24.2. The predicted molar refractivity (Wildman–Crippen MR) is 160 cm³/mol. The average molecular weight is 612 g/mol. The second kappa shape index (κ2) is 10.3. The number of imide groups is 2. The van der Waals surface area contributed by atoms with E-state index in [0.29, 0.717) is 23.6 Å². The fourth-order valence-electron chi connectivity index (χ4n) is 7.89. The van der Waals surface area contributed by atoms with Gasteiger partial charge in [-0.15, -0.1) is 0 Å². The Hall–Kier alpha value is -3.71. The summed E-state index contributed by atoms with van der Waals surface area (Å²) in [5.74, 6) is 1.85. The maximum atomic E-state index is 13.5. The van der Waals surface area contributed by atoms with Crippen LogP contribution in [0, 0.1) is 17.8 Å². The van der Waals surface area contributed by atoms with E-state index in [-0.39, 0.29) is 11.0 Å². The van der Waals surface area contributed by atoms with Crippen LogP contribution in [0.3, 0.4) is 0 Å². The zero-order valence-electron chi connectivity index (χ0n) is 22.6. The third kappa shape index (κ3) is 5.01. The van der Waals surface area contributed by atoms with Gasteiger partial charge in [-0.05, 0) is 121 Å². The van der Waals surface area contributed by atoms with Crippen molar-refractivity contribution in [2.24, 2.45) is 17.8 Å². The lowest BCUT2D eigenvalue weighted by atomic mass is 9.48. The van der Waals surface area contributed by atoms with Crippen molar-refractivity contribution in [3.63, 3.8) is 0 Å². The highest BCUT2D eigenvalue weighted by atomic mass is 79.9. The summed E-state index contributed by atoms with van der Waals surface area (Å²) in [6, 6.07) is 22.2. The lowest BCUT2D eigenvalue weighted by Gasteiger charge is -2.57. The Kier molecular flexibility index (Phi) is 6.57. The zero-order chi connectivity index (χ0) is 28.1. The number of benzene rings is 3. The van der Waals surface area contributed by atoms with Gasteiger partial charge in [-0.3, -0.25) is 14.9 Å². The number of hydrogen-bond donors (Lipinski definition) is 1. The van der Waals surface area contributed by atoms with Gasteiger partial charge < -0.3 is 4.74 Å². The Morgan fingerprint density at radius 2 is 1.44 bits per heavy atom. The average Bonchev–Trinajstić information content (AvgIpc) is 2.95. The Balaban J connectivity index is 1.07. The molecule has 0 radical (unpaired) electrons. The van der Waals surface area contributed by atoms with E-state index >= 15 is 0 Å². The molecular formula is C34H31BrN2O4. The maximum Gasteiger partial charge on any atom is 0.335 e. The number of barbiturate groups is 1. The molecule has 208 valence electrons. The number of carbonyl (C=O) groups is 3. The molecule has 4 bridgehead atoms. The third-order valence-electron chi connectivity index (χ3n) is 9.39. The maximum absolute atomic E-state index is 13.5. The molecule has 1 aliphatic heterocycles. The van der Waals surface area contributed by atoms with E-state index in [0.717, 1.165) is 32.7 Å². The minimum Gasteiger partial charge on any atom is -0.489 e. The standard InChI is InChI=1S/C34H31BrN2O4/c35-27-7-1-22(2-8-27)20-41-29-11-3-21(4-12-29)16-30-31(38)36-33(40)37(32(30)39)28-9-5-26(6-10-28)34-17-23-13-24(18-34)15-25(14-23)19-34/h1-12,16,23-25H,13-15,17-20H2,(H,36,38,40). The summed E-state index contributed by atoms with van der Waals surface area (Å²) in [6.07, 6.45) is 9.39. The Bertz CT molecular complexity index is 1510. The highest BCUT2D eigenvalue weighted by Gasteiger charge is 2.51. The van der Waals surface area contributed by atoms with E-state index in [4.69, 9.17) is 4.74 Å². The van der Waals surface area contributed by atoms with Gasteiger partial charge in [0.15, 0.2) is 0 Å². The lowest BCUT2D eigenvalue weighted by molar-refractivity contribution is -0.122. The van der Waals surface area contributed by atoms with Crippen LogP contribution in [-0.2, 0) is 21.6 Å². The number of anilines is 1. The van der Waals surface area contributed by atoms with Crippen LogP contribution in [0.25, 0.3) is 6.08 Å². The van der Waals surface area contributed by atoms with Gasteiger partial charge in [-0.25, -0.2) is 9.69 Å². The molecule has 1 saturated heterocycles. The van der Waals surface area contributed by atoms with Crippen molar-refractivity contribution in [3.8, 4) is 5.75 Å². The fraction of sp³-hybridized carbons (Fsp3) is 0.324. The fourth-order valence-corrected chi connectivity index (χ4v) is 8.16. The van der Waals surface area contributed by atoms with Gasteiger partial charge in [0.2, 0.25) is 0 Å². The summed E-state index contributed by atoms with van der Waals surface area (Å²) in [5, 5.41) is 2.34. The molecule has 7 heteroatoms. The van der Waals surface area contributed by atoms with E-state index in [1.54, 1.807) is 24.3 Å². The van der Waals surface area contributed by atoms with Crippen molar-refractivity contribution in [2.75, 3.05) is 4.90 Å². The molecule has 5 fully saturated rings. The van der Waals surface area contributed by atoms with E-state index < -0.39 is 17.8 Å². The van der Waals surface area contributed by atoms with Crippen molar-refractivity contribution in [1.82, 2.24) is 5.32 Å². The molecule has 4 aliphatic carbocycles. The van der Waals surface area contributed by atoms with E-state index in [1.807, 2.05) is 36.4 Å². The van der Waals surface area contributed by atoms with Gasteiger partial charge in [0.1, 0.15) is 17.9 Å². The highest BCUT2D eigenvalue weighted by Crippen LogP contribution is 2.60. The van der Waals surface area contributed by atoms with Crippen LogP contribution in [-0.4, -0.2) is 17.8 Å². The molecule has 8 rings (SSSR count).